The predicted molar refractivity (Wildman–Crippen MR) is 311 cm³/mol. The van der Waals surface area contributed by atoms with E-state index in [1.165, 1.54) is 44.9 Å². The van der Waals surface area contributed by atoms with Crippen molar-refractivity contribution >= 4 is 30.3 Å². The monoisotopic (exact) mass is 1100 g/mol. The van der Waals surface area contributed by atoms with E-state index in [0.29, 0.717) is 109 Å². The lowest BCUT2D eigenvalue weighted by Gasteiger charge is -2.33. The molecule has 0 spiro atoms. The number of fused-ring (bicyclic) bond motifs is 1. The highest BCUT2D eigenvalue weighted by molar-refractivity contribution is 5.97. The van der Waals surface area contributed by atoms with Gasteiger partial charge in [0.15, 0.2) is 0 Å². The summed E-state index contributed by atoms with van der Waals surface area (Å²) in [5.41, 5.74) is 13.2. The topological polar surface area (TPSA) is 206 Å². The number of primary amides is 1. The molecule has 7 rings (SSSR count). The quantitative estimate of drug-likeness (QED) is 0.0367. The van der Waals surface area contributed by atoms with Crippen LogP contribution in [0.15, 0.2) is 85.1 Å². The van der Waals surface area contributed by atoms with Crippen LogP contribution in [-0.4, -0.2) is 193 Å². The zero-order valence-electron chi connectivity index (χ0n) is 47.7. The molecule has 18 heteroatoms. The molecule has 1 aromatic heterocycles. The van der Waals surface area contributed by atoms with E-state index >= 15 is 0 Å². The zero-order chi connectivity index (χ0) is 56.6. The normalized spacial score (nSPS) is 14.2. The molecule has 0 radical (unpaired) electrons. The van der Waals surface area contributed by atoms with Gasteiger partial charge in [-0.25, -0.2) is 0 Å². The zero-order valence-corrected chi connectivity index (χ0v) is 47.7. The number of carbonyl (C=O) groups excluding carboxylic acids is 4. The van der Waals surface area contributed by atoms with E-state index < -0.39 is 0 Å². The first kappa shape index (κ1) is 65.7. The molecule has 18 nitrogen and oxygen atoms in total. The maximum atomic E-state index is 13.8. The molecule has 4 N–H and O–H groups in total. The van der Waals surface area contributed by atoms with Gasteiger partial charge in [-0.1, -0.05) is 42.5 Å². The van der Waals surface area contributed by atoms with Crippen LogP contribution in [0.25, 0.3) is 22.4 Å². The first-order valence-corrected chi connectivity index (χ1v) is 28.2. The van der Waals surface area contributed by atoms with Crippen LogP contribution in [0.1, 0.15) is 83.2 Å². The van der Waals surface area contributed by atoms with Crippen LogP contribution in [0.3, 0.4) is 0 Å². The van der Waals surface area contributed by atoms with Crippen LogP contribution in [-0.2, 0) is 55.6 Å². The Bertz CT molecular complexity index is 2270. The second kappa shape index (κ2) is 41.2. The first-order chi connectivity index (χ1) is 38.8. The Morgan fingerprint density at radius 3 is 1.76 bits per heavy atom. The number of ether oxygens (including phenoxy) is 7. The Balaban J connectivity index is 0.000000674. The van der Waals surface area contributed by atoms with Gasteiger partial charge in [-0.15, -0.1) is 0 Å². The maximum absolute atomic E-state index is 13.8. The van der Waals surface area contributed by atoms with Crippen molar-refractivity contribution < 1.29 is 52.3 Å². The van der Waals surface area contributed by atoms with Crippen LogP contribution < -0.4 is 21.3 Å². The first-order valence-electron chi connectivity index (χ1n) is 28.2. The fourth-order valence-corrected chi connectivity index (χ4v) is 9.41. The second-order valence-corrected chi connectivity index (χ2v) is 19.4. The number of pyridine rings is 1. The SMILES string of the molecule is CNC(=O)c1ccnc(-c2cc(N3CCCCC3)ccc2-c2cccc(C(=O)N(C)CCN3CCC(CCOCCOCCOCCOCCOCCOCCOC)CC3)c2)c1.CNC=O.NC=O.c1ccc2c(c1)CCCC2. The standard InChI is InChI=1S/C48H71N5O9.C10H12.C2H5NO.CH3NO/c1-49-47(54)41-12-16-50-46(37-41)45-38-43(53-17-5-4-6-18-53)10-11-44(45)40-8-7-9-42(36-40)48(55)51(2)21-22-52-19-13-39(14-20-52)15-23-57-26-27-59-30-31-61-34-35-62-33-32-60-29-28-58-25-24-56-3;1-2-6-10-8-4-3-7-9(10)5-1;1-3-2-4;2-1-3/h7-12,16,36-39H,4-6,13-15,17-35H2,1-3H3,(H,49,54);1-2,5-6H,3-4,7-8H2;2H,1H3,(H,3,4);1H,(H2,2,3). The number of amides is 4. The minimum Gasteiger partial charge on any atom is -0.382 e. The van der Waals surface area contributed by atoms with Gasteiger partial charge in [0.25, 0.3) is 11.8 Å². The summed E-state index contributed by atoms with van der Waals surface area (Å²) in [6.07, 6.45) is 14.9. The van der Waals surface area contributed by atoms with Crippen LogP contribution in [0, 0.1) is 5.92 Å². The number of likely N-dealkylation sites (N-methyl/N-ethyl adjacent to an activating group) is 1. The number of nitrogens with zero attached hydrogens (tertiary/aromatic N) is 4. The summed E-state index contributed by atoms with van der Waals surface area (Å²) in [6.45, 7) is 12.9. The fraction of sp³-hybridized carbons (Fsp3) is 0.557. The summed E-state index contributed by atoms with van der Waals surface area (Å²) >= 11 is 0. The summed E-state index contributed by atoms with van der Waals surface area (Å²) in [7, 11) is 6.74. The van der Waals surface area contributed by atoms with Gasteiger partial charge in [0.1, 0.15) is 0 Å². The lowest BCUT2D eigenvalue weighted by molar-refractivity contribution is -0.109. The maximum Gasteiger partial charge on any atom is 0.253 e. The van der Waals surface area contributed by atoms with E-state index in [1.807, 2.05) is 42.3 Å². The van der Waals surface area contributed by atoms with E-state index in [9.17, 15) is 9.59 Å². The minimum absolute atomic E-state index is 0.000886. The third-order valence-electron chi connectivity index (χ3n) is 13.8. The molecule has 4 amide bonds. The Morgan fingerprint density at radius 1 is 0.658 bits per heavy atom. The molecule has 0 bridgehead atoms. The van der Waals surface area contributed by atoms with Gasteiger partial charge in [-0.3, -0.25) is 24.2 Å². The predicted octanol–water partition coefficient (Wildman–Crippen LogP) is 6.71. The summed E-state index contributed by atoms with van der Waals surface area (Å²) in [6, 6.07) is 26.7. The smallest absolute Gasteiger partial charge is 0.253 e. The number of nitrogens with two attached hydrogens (primary N) is 1. The molecule has 436 valence electrons. The number of nitrogens with one attached hydrogen (secondary N) is 2. The molecular weight excluding hydrogens is 1010 g/mol. The number of piperidine rings is 2. The van der Waals surface area contributed by atoms with E-state index in [2.05, 4.69) is 68.6 Å². The van der Waals surface area contributed by atoms with E-state index in [4.69, 9.17) is 47.7 Å². The Hall–Kier alpha value is -5.83. The number of hydrogen-bond donors (Lipinski definition) is 3. The molecule has 4 aromatic rings. The van der Waals surface area contributed by atoms with Crippen LogP contribution in [0.5, 0.6) is 0 Å². The minimum atomic E-state index is -0.155. The van der Waals surface area contributed by atoms with Crippen LogP contribution in [0.2, 0.25) is 0 Å². The molecule has 3 heterocycles. The largest absolute Gasteiger partial charge is 0.382 e. The Morgan fingerprint density at radius 2 is 1.22 bits per heavy atom. The van der Waals surface area contributed by atoms with Gasteiger partial charge in [0.05, 0.1) is 85.0 Å². The number of benzene rings is 3. The third-order valence-corrected chi connectivity index (χ3v) is 13.8. The third kappa shape index (κ3) is 25.9. The fourth-order valence-electron chi connectivity index (χ4n) is 9.41. The molecule has 0 saturated carbocycles. The van der Waals surface area contributed by atoms with Crippen molar-refractivity contribution in [3.63, 3.8) is 0 Å². The number of likely N-dealkylation sites (tertiary alicyclic amines) is 1. The van der Waals surface area contributed by atoms with Gasteiger partial charge >= 0.3 is 0 Å². The van der Waals surface area contributed by atoms with E-state index in [-0.39, 0.29) is 18.2 Å². The van der Waals surface area contributed by atoms with E-state index in [0.717, 1.165) is 86.7 Å². The molecule has 0 unspecified atom stereocenters. The molecule has 3 aromatic carbocycles. The number of rotatable bonds is 30. The summed E-state index contributed by atoms with van der Waals surface area (Å²) in [5.74, 6) is 0.496. The van der Waals surface area contributed by atoms with Crippen molar-refractivity contribution in [1.82, 2.24) is 25.4 Å². The number of anilines is 1. The number of hydrogen-bond acceptors (Lipinski definition) is 14. The molecule has 0 atom stereocenters. The molecule has 2 saturated heterocycles. The summed E-state index contributed by atoms with van der Waals surface area (Å²) in [5, 5.41) is 4.97. The van der Waals surface area contributed by atoms with Crippen molar-refractivity contribution in [2.24, 2.45) is 11.7 Å². The van der Waals surface area contributed by atoms with Gasteiger partial charge in [0, 0.05) is 89.6 Å². The van der Waals surface area contributed by atoms with Crippen LogP contribution >= 0.6 is 0 Å². The lowest BCUT2D eigenvalue weighted by Crippen LogP contribution is -2.40. The molecule has 79 heavy (non-hydrogen) atoms. The molecule has 3 aliphatic rings. The van der Waals surface area contributed by atoms with Crippen molar-refractivity contribution in [3.8, 4) is 22.4 Å². The highest BCUT2D eigenvalue weighted by Gasteiger charge is 2.22. The number of methoxy groups -OCH3 is 1. The highest BCUT2D eigenvalue weighted by atomic mass is 16.6. The number of aryl methyl sites for hydroxylation is 2. The Kier molecular flexibility index (Phi) is 34.3. The molecule has 2 fully saturated rings. The Labute approximate surface area is 470 Å². The average Bonchev–Trinajstić information content (AvgIpc) is 3.53. The molecular formula is C61H91N7O11. The van der Waals surface area contributed by atoms with Gasteiger partial charge < -0.3 is 64.2 Å². The van der Waals surface area contributed by atoms with Crippen molar-refractivity contribution in [1.29, 1.82) is 0 Å². The average molecular weight is 1100 g/mol. The van der Waals surface area contributed by atoms with Crippen molar-refractivity contribution in [3.05, 3.63) is 107 Å². The molecule has 2 aliphatic heterocycles. The summed E-state index contributed by atoms with van der Waals surface area (Å²) in [4.78, 5) is 55.4. The van der Waals surface area contributed by atoms with Crippen molar-refractivity contribution in [2.45, 2.75) is 64.2 Å². The molecule has 1 aliphatic carbocycles. The van der Waals surface area contributed by atoms with Gasteiger partial charge in [-0.05, 0) is 142 Å². The van der Waals surface area contributed by atoms with Gasteiger partial charge in [-0.2, -0.15) is 0 Å². The number of aromatic nitrogens is 1. The second-order valence-electron chi connectivity index (χ2n) is 19.4. The highest BCUT2D eigenvalue weighted by Crippen LogP contribution is 2.36. The lowest BCUT2D eigenvalue weighted by atomic mass is 9.92. The van der Waals surface area contributed by atoms with Gasteiger partial charge in [0.2, 0.25) is 12.8 Å². The van der Waals surface area contributed by atoms with Crippen LogP contribution in [0.4, 0.5) is 5.69 Å². The van der Waals surface area contributed by atoms with Crippen molar-refractivity contribution in [2.75, 3.05) is 158 Å². The van der Waals surface area contributed by atoms with E-state index in [1.54, 1.807) is 44.6 Å². The summed E-state index contributed by atoms with van der Waals surface area (Å²) < 4.78 is 38.3. The number of carbonyl (C=O) groups is 4.